The second-order valence-corrected chi connectivity index (χ2v) is 6.50. The predicted octanol–water partition coefficient (Wildman–Crippen LogP) is 3.72. The maximum absolute atomic E-state index is 12.1. The number of amides is 2. The van der Waals surface area contributed by atoms with Gasteiger partial charge < -0.3 is 9.32 Å². The zero-order chi connectivity index (χ0) is 15.5. The molecule has 0 saturated carbocycles. The quantitative estimate of drug-likeness (QED) is 0.795. The zero-order valence-corrected chi connectivity index (χ0v) is 13.5. The molecule has 2 saturated heterocycles. The summed E-state index contributed by atoms with van der Waals surface area (Å²) in [4.78, 5) is 27.7. The van der Waals surface area contributed by atoms with Crippen LogP contribution in [-0.2, 0) is 4.79 Å². The Morgan fingerprint density at radius 3 is 2.55 bits per heavy atom. The highest BCUT2D eigenvalue weighted by molar-refractivity contribution is 8.18. The van der Waals surface area contributed by atoms with Crippen molar-refractivity contribution >= 4 is 34.9 Å². The van der Waals surface area contributed by atoms with Crippen molar-refractivity contribution in [3.8, 4) is 0 Å². The summed E-state index contributed by atoms with van der Waals surface area (Å²) < 4.78 is 5.85. The maximum atomic E-state index is 12.1. The third-order valence-corrected chi connectivity index (χ3v) is 4.90. The van der Waals surface area contributed by atoms with Gasteiger partial charge in [-0.25, -0.2) is 0 Å². The number of carbonyl (C=O) groups excluding carboxylic acids is 2. The molecule has 3 heterocycles. The molecular weight excluding hydrogens is 300 g/mol. The molecule has 2 aliphatic heterocycles. The van der Waals surface area contributed by atoms with Crippen LogP contribution in [0.1, 0.15) is 38.4 Å². The molecule has 1 aromatic heterocycles. The van der Waals surface area contributed by atoms with Crippen LogP contribution >= 0.6 is 11.8 Å². The average Bonchev–Trinajstić information content (AvgIpc) is 2.94. The number of rotatable bonds is 3. The molecule has 1 aromatic rings. The number of imide groups is 1. The third-order valence-electron chi connectivity index (χ3n) is 3.99. The van der Waals surface area contributed by atoms with E-state index >= 15 is 0 Å². The van der Waals surface area contributed by atoms with Gasteiger partial charge in [0.15, 0.2) is 5.88 Å². The van der Waals surface area contributed by atoms with Crippen molar-refractivity contribution in [2.45, 2.75) is 32.6 Å². The Hall–Kier alpha value is -1.69. The minimum atomic E-state index is -0.231. The van der Waals surface area contributed by atoms with Crippen LogP contribution in [0.5, 0.6) is 0 Å². The van der Waals surface area contributed by atoms with Gasteiger partial charge in [-0.1, -0.05) is 12.8 Å². The summed E-state index contributed by atoms with van der Waals surface area (Å²) in [7, 11) is 0. The molecule has 6 heteroatoms. The van der Waals surface area contributed by atoms with Crippen LogP contribution < -0.4 is 4.90 Å². The molecule has 2 fully saturated rings. The van der Waals surface area contributed by atoms with Crippen LogP contribution in [0.25, 0.3) is 6.08 Å². The maximum Gasteiger partial charge on any atom is 0.293 e. The number of nitrogens with zero attached hydrogens (tertiary/aromatic N) is 2. The number of furan rings is 1. The van der Waals surface area contributed by atoms with Gasteiger partial charge in [0.1, 0.15) is 5.76 Å². The van der Waals surface area contributed by atoms with Crippen LogP contribution in [0.3, 0.4) is 0 Å². The molecule has 0 bridgehead atoms. The number of anilines is 1. The van der Waals surface area contributed by atoms with E-state index in [4.69, 9.17) is 4.42 Å². The van der Waals surface area contributed by atoms with E-state index < -0.39 is 0 Å². The van der Waals surface area contributed by atoms with E-state index in [1.54, 1.807) is 13.0 Å². The molecule has 0 aliphatic carbocycles. The minimum absolute atomic E-state index is 0.210. The molecule has 2 amide bonds. The Balaban J connectivity index is 1.75. The van der Waals surface area contributed by atoms with E-state index in [9.17, 15) is 9.59 Å². The van der Waals surface area contributed by atoms with E-state index in [-0.39, 0.29) is 11.1 Å². The molecular formula is C16H20N2O3S. The van der Waals surface area contributed by atoms with Crippen LogP contribution in [0.2, 0.25) is 0 Å². The Kier molecular flexibility index (Phi) is 4.57. The highest BCUT2D eigenvalue weighted by Gasteiger charge is 2.33. The van der Waals surface area contributed by atoms with Gasteiger partial charge in [0.25, 0.3) is 11.1 Å². The van der Waals surface area contributed by atoms with Gasteiger partial charge >= 0.3 is 0 Å². The summed E-state index contributed by atoms with van der Waals surface area (Å²) in [5.41, 5.74) is 0. The summed E-state index contributed by atoms with van der Waals surface area (Å²) in [5, 5.41) is -0.210. The molecule has 0 unspecified atom stereocenters. The lowest BCUT2D eigenvalue weighted by Crippen LogP contribution is -2.27. The monoisotopic (exact) mass is 320 g/mol. The molecule has 5 nitrogen and oxygen atoms in total. The van der Waals surface area contributed by atoms with Crippen LogP contribution in [0.15, 0.2) is 21.5 Å². The summed E-state index contributed by atoms with van der Waals surface area (Å²) >= 11 is 0.974. The zero-order valence-electron chi connectivity index (χ0n) is 12.7. The number of hydrogen-bond acceptors (Lipinski definition) is 5. The predicted molar refractivity (Wildman–Crippen MR) is 87.7 cm³/mol. The normalized spacial score (nSPS) is 21.8. The smallest absolute Gasteiger partial charge is 0.293 e. The summed E-state index contributed by atoms with van der Waals surface area (Å²) in [6, 6.07) is 3.81. The first-order valence-electron chi connectivity index (χ1n) is 7.79. The highest BCUT2D eigenvalue weighted by Crippen LogP contribution is 2.33. The molecule has 0 spiro atoms. The molecule has 22 heavy (non-hydrogen) atoms. The van der Waals surface area contributed by atoms with Crippen molar-refractivity contribution in [2.75, 3.05) is 24.5 Å². The summed E-state index contributed by atoms with van der Waals surface area (Å²) in [6.45, 7) is 4.22. The van der Waals surface area contributed by atoms with Crippen LogP contribution in [0.4, 0.5) is 10.7 Å². The Bertz CT molecular complexity index is 600. The largest absolute Gasteiger partial charge is 0.441 e. The van der Waals surface area contributed by atoms with Gasteiger partial charge in [-0.2, -0.15) is 0 Å². The van der Waals surface area contributed by atoms with Gasteiger partial charge in [-0.3, -0.25) is 14.5 Å². The van der Waals surface area contributed by atoms with Crippen molar-refractivity contribution < 1.29 is 14.0 Å². The van der Waals surface area contributed by atoms with Gasteiger partial charge in [0, 0.05) is 31.8 Å². The van der Waals surface area contributed by atoms with Crippen molar-refractivity contribution in [3.63, 3.8) is 0 Å². The van der Waals surface area contributed by atoms with Crippen LogP contribution in [0, 0.1) is 0 Å². The van der Waals surface area contributed by atoms with Crippen molar-refractivity contribution in [2.24, 2.45) is 0 Å². The second-order valence-electron chi connectivity index (χ2n) is 5.50. The molecule has 0 radical (unpaired) electrons. The SMILES string of the molecule is CCN1C(=O)S/C(=C/c2ccc(N3CCCCCC3)o2)C1=O. The van der Waals surface area contributed by atoms with Gasteiger partial charge in [0.05, 0.1) is 4.91 Å². The van der Waals surface area contributed by atoms with E-state index in [1.165, 1.54) is 30.6 Å². The second kappa shape index (κ2) is 6.60. The van der Waals surface area contributed by atoms with E-state index in [0.29, 0.717) is 17.2 Å². The van der Waals surface area contributed by atoms with Gasteiger partial charge in [-0.05, 0) is 37.6 Å². The fraction of sp³-hybridized carbons (Fsp3) is 0.500. The Labute approximate surface area is 134 Å². The van der Waals surface area contributed by atoms with E-state index in [1.807, 2.05) is 12.1 Å². The van der Waals surface area contributed by atoms with Crippen LogP contribution in [-0.4, -0.2) is 35.7 Å². The molecule has 2 aliphatic rings. The topological polar surface area (TPSA) is 53.8 Å². The average molecular weight is 320 g/mol. The van der Waals surface area contributed by atoms with E-state index in [0.717, 1.165) is 30.7 Å². The standard InChI is InChI=1S/C16H20N2O3S/c1-2-18-15(19)13(22-16(18)20)11-12-7-8-14(21-12)17-9-5-3-4-6-10-17/h7-8,11H,2-6,9-10H2,1H3/b13-11+. The number of thioether (sulfide) groups is 1. The Morgan fingerprint density at radius 2 is 1.91 bits per heavy atom. The van der Waals surface area contributed by atoms with Crippen molar-refractivity contribution in [3.05, 3.63) is 22.8 Å². The highest BCUT2D eigenvalue weighted by atomic mass is 32.2. The van der Waals surface area contributed by atoms with Gasteiger partial charge in [0.2, 0.25) is 0 Å². The Morgan fingerprint density at radius 1 is 1.18 bits per heavy atom. The summed E-state index contributed by atoms with van der Waals surface area (Å²) in [6.07, 6.45) is 6.58. The molecule has 118 valence electrons. The first-order chi connectivity index (χ1) is 10.7. The third kappa shape index (κ3) is 3.06. The van der Waals surface area contributed by atoms with Crippen molar-refractivity contribution in [1.82, 2.24) is 4.90 Å². The lowest BCUT2D eigenvalue weighted by molar-refractivity contribution is -0.122. The number of hydrogen-bond donors (Lipinski definition) is 0. The fourth-order valence-electron chi connectivity index (χ4n) is 2.78. The number of likely N-dealkylation sites (N-methyl/N-ethyl adjacent to an activating group) is 1. The first-order valence-corrected chi connectivity index (χ1v) is 8.61. The van der Waals surface area contributed by atoms with Gasteiger partial charge in [-0.15, -0.1) is 0 Å². The lowest BCUT2D eigenvalue weighted by Gasteiger charge is -2.18. The summed E-state index contributed by atoms with van der Waals surface area (Å²) in [5.74, 6) is 1.24. The number of carbonyl (C=O) groups is 2. The lowest BCUT2D eigenvalue weighted by atomic mass is 10.2. The minimum Gasteiger partial charge on any atom is -0.441 e. The first kappa shape index (κ1) is 15.2. The molecule has 0 N–H and O–H groups in total. The van der Waals surface area contributed by atoms with Crippen molar-refractivity contribution in [1.29, 1.82) is 0 Å². The fourth-order valence-corrected chi connectivity index (χ4v) is 3.67. The molecule has 3 rings (SSSR count). The van der Waals surface area contributed by atoms with E-state index in [2.05, 4.69) is 4.90 Å². The molecule has 0 aromatic carbocycles. The molecule has 0 atom stereocenters.